The van der Waals surface area contributed by atoms with E-state index in [0.717, 1.165) is 32.4 Å². The third-order valence-electron chi connectivity index (χ3n) is 5.20. The lowest BCUT2D eigenvalue weighted by atomic mass is 10.1. The molecule has 6 heteroatoms. The molecule has 1 saturated carbocycles. The minimum absolute atomic E-state index is 0.0561. The van der Waals surface area contributed by atoms with Crippen molar-refractivity contribution in [3.05, 3.63) is 29.8 Å². The second-order valence-corrected chi connectivity index (χ2v) is 6.79. The van der Waals surface area contributed by atoms with Gasteiger partial charge in [0.2, 0.25) is 0 Å². The molecule has 3 rings (SSSR count). The number of aliphatic hydroxyl groups excluding tert-OH is 1. The van der Waals surface area contributed by atoms with Crippen LogP contribution in [0.5, 0.6) is 5.75 Å². The molecule has 25 heavy (non-hydrogen) atoms. The maximum Gasteiger partial charge on any atom is 0.263 e. The summed E-state index contributed by atoms with van der Waals surface area (Å²) < 4.78 is 5.73. The SMILES string of the molecule is C[C@H](Oc1ccccc1C#N)C(=O)N1CCN([C@H]2CCC[C@@H]2O)CC1. The zero-order chi connectivity index (χ0) is 17.8. The fourth-order valence-corrected chi connectivity index (χ4v) is 3.78. The number of benzene rings is 1. The van der Waals surface area contributed by atoms with Crippen molar-refractivity contribution in [3.63, 3.8) is 0 Å². The van der Waals surface area contributed by atoms with E-state index in [2.05, 4.69) is 11.0 Å². The maximum atomic E-state index is 12.6. The van der Waals surface area contributed by atoms with Gasteiger partial charge in [-0.3, -0.25) is 9.69 Å². The minimum Gasteiger partial charge on any atom is -0.480 e. The van der Waals surface area contributed by atoms with Gasteiger partial charge in [0.05, 0.1) is 11.7 Å². The second kappa shape index (κ2) is 7.85. The van der Waals surface area contributed by atoms with E-state index in [0.29, 0.717) is 24.4 Å². The Bertz CT molecular complexity index is 650. The topological polar surface area (TPSA) is 76.8 Å². The van der Waals surface area contributed by atoms with Crippen LogP contribution in [0.15, 0.2) is 24.3 Å². The first-order valence-corrected chi connectivity index (χ1v) is 8.97. The first-order valence-electron chi connectivity index (χ1n) is 8.97. The zero-order valence-electron chi connectivity index (χ0n) is 14.6. The Hall–Kier alpha value is -2.10. The highest BCUT2D eigenvalue weighted by atomic mass is 16.5. The number of para-hydroxylation sites is 1. The largest absolute Gasteiger partial charge is 0.480 e. The molecule has 0 unspecified atom stereocenters. The van der Waals surface area contributed by atoms with Gasteiger partial charge in [-0.05, 0) is 38.3 Å². The van der Waals surface area contributed by atoms with E-state index in [1.54, 1.807) is 31.2 Å². The Kier molecular flexibility index (Phi) is 5.57. The van der Waals surface area contributed by atoms with Crippen LogP contribution in [0.3, 0.4) is 0 Å². The van der Waals surface area contributed by atoms with Gasteiger partial charge in [-0.1, -0.05) is 12.1 Å². The van der Waals surface area contributed by atoms with Gasteiger partial charge in [-0.25, -0.2) is 0 Å². The van der Waals surface area contributed by atoms with Gasteiger partial charge in [-0.2, -0.15) is 5.26 Å². The molecule has 0 radical (unpaired) electrons. The molecule has 2 aliphatic rings. The number of nitriles is 1. The molecule has 1 N–H and O–H groups in total. The Morgan fingerprint density at radius 1 is 1.28 bits per heavy atom. The molecular formula is C19H25N3O3. The number of rotatable bonds is 4. The molecule has 0 bridgehead atoms. The molecule has 1 amide bonds. The standard InChI is InChI=1S/C19H25N3O3/c1-14(25-18-8-3-2-5-15(18)13-20)19(24)22-11-9-21(10-12-22)16-6-4-7-17(16)23/h2-3,5,8,14,16-17,23H,4,6-7,9-12H2,1H3/t14-,16-,17-/m0/s1. The highest BCUT2D eigenvalue weighted by Gasteiger charge is 2.34. The molecule has 0 spiro atoms. The van der Waals surface area contributed by atoms with Gasteiger partial charge in [0.15, 0.2) is 6.10 Å². The molecule has 1 saturated heterocycles. The van der Waals surface area contributed by atoms with E-state index in [-0.39, 0.29) is 18.1 Å². The van der Waals surface area contributed by atoms with Crippen LogP contribution in [0.2, 0.25) is 0 Å². The van der Waals surface area contributed by atoms with Crippen LogP contribution in [0, 0.1) is 11.3 Å². The van der Waals surface area contributed by atoms with Gasteiger partial charge >= 0.3 is 0 Å². The van der Waals surface area contributed by atoms with Crippen LogP contribution < -0.4 is 4.74 Å². The summed E-state index contributed by atoms with van der Waals surface area (Å²) in [5.41, 5.74) is 0.433. The lowest BCUT2D eigenvalue weighted by Gasteiger charge is -2.39. The van der Waals surface area contributed by atoms with Gasteiger partial charge in [0.1, 0.15) is 11.8 Å². The Labute approximate surface area is 148 Å². The molecule has 134 valence electrons. The van der Waals surface area contributed by atoms with Crippen molar-refractivity contribution in [1.29, 1.82) is 5.26 Å². The number of ether oxygens (including phenoxy) is 1. The van der Waals surface area contributed by atoms with Gasteiger partial charge < -0.3 is 14.7 Å². The van der Waals surface area contributed by atoms with E-state index in [4.69, 9.17) is 10.00 Å². The van der Waals surface area contributed by atoms with Crippen LogP contribution in [-0.4, -0.2) is 65.2 Å². The minimum atomic E-state index is -0.627. The van der Waals surface area contributed by atoms with E-state index >= 15 is 0 Å². The first-order chi connectivity index (χ1) is 12.1. The summed E-state index contributed by atoms with van der Waals surface area (Å²) in [6.45, 7) is 4.60. The molecule has 1 aromatic rings. The third-order valence-corrected chi connectivity index (χ3v) is 5.20. The van der Waals surface area contributed by atoms with Crippen LogP contribution in [0.25, 0.3) is 0 Å². The molecule has 3 atom stereocenters. The lowest BCUT2D eigenvalue weighted by Crippen LogP contribution is -2.55. The number of aliphatic hydroxyl groups is 1. The highest BCUT2D eigenvalue weighted by molar-refractivity contribution is 5.81. The number of carbonyl (C=O) groups is 1. The Morgan fingerprint density at radius 2 is 2.00 bits per heavy atom. The number of hydrogen-bond donors (Lipinski definition) is 1. The van der Waals surface area contributed by atoms with Crippen molar-refractivity contribution in [3.8, 4) is 11.8 Å². The third kappa shape index (κ3) is 3.94. The summed E-state index contributed by atoms with van der Waals surface area (Å²) in [4.78, 5) is 16.8. The summed E-state index contributed by atoms with van der Waals surface area (Å²) in [6, 6.07) is 9.28. The van der Waals surface area contributed by atoms with E-state index in [9.17, 15) is 9.90 Å². The molecule has 1 heterocycles. The van der Waals surface area contributed by atoms with Crippen LogP contribution >= 0.6 is 0 Å². The quantitative estimate of drug-likeness (QED) is 0.894. The lowest BCUT2D eigenvalue weighted by molar-refractivity contribution is -0.140. The zero-order valence-corrected chi connectivity index (χ0v) is 14.6. The number of piperazine rings is 1. The average molecular weight is 343 g/mol. The van der Waals surface area contributed by atoms with Gasteiger partial charge in [-0.15, -0.1) is 0 Å². The van der Waals surface area contributed by atoms with E-state index in [1.165, 1.54) is 0 Å². The Balaban J connectivity index is 1.54. The summed E-state index contributed by atoms with van der Waals surface area (Å²) >= 11 is 0. The van der Waals surface area contributed by atoms with Crippen molar-refractivity contribution < 1.29 is 14.6 Å². The number of amides is 1. The highest BCUT2D eigenvalue weighted by Crippen LogP contribution is 2.25. The predicted octanol–water partition coefficient (Wildman–Crippen LogP) is 1.38. The average Bonchev–Trinajstić information content (AvgIpc) is 3.07. The summed E-state index contributed by atoms with van der Waals surface area (Å²) in [6.07, 6.45) is 2.14. The first kappa shape index (κ1) is 17.7. The summed E-state index contributed by atoms with van der Waals surface area (Å²) in [5.74, 6) is 0.387. The smallest absolute Gasteiger partial charge is 0.263 e. The molecule has 2 fully saturated rings. The van der Waals surface area contributed by atoms with Crippen molar-refractivity contribution >= 4 is 5.91 Å². The molecule has 0 aromatic heterocycles. The number of hydrogen-bond acceptors (Lipinski definition) is 5. The maximum absolute atomic E-state index is 12.6. The predicted molar refractivity (Wildman–Crippen MR) is 93.0 cm³/mol. The summed E-state index contributed by atoms with van der Waals surface area (Å²) in [5, 5.41) is 19.2. The molecule has 1 aliphatic heterocycles. The van der Waals surface area contributed by atoms with Crippen molar-refractivity contribution in [2.24, 2.45) is 0 Å². The second-order valence-electron chi connectivity index (χ2n) is 6.79. The van der Waals surface area contributed by atoms with Gasteiger partial charge in [0, 0.05) is 32.2 Å². The molecule has 6 nitrogen and oxygen atoms in total. The number of carbonyl (C=O) groups excluding carboxylic acids is 1. The fraction of sp³-hybridized carbons (Fsp3) is 0.579. The monoisotopic (exact) mass is 343 g/mol. The van der Waals surface area contributed by atoms with Crippen molar-refractivity contribution in [2.45, 2.75) is 44.4 Å². The van der Waals surface area contributed by atoms with Crippen molar-refractivity contribution in [1.82, 2.24) is 9.80 Å². The van der Waals surface area contributed by atoms with Crippen LogP contribution in [0.4, 0.5) is 0 Å². The number of nitrogens with zero attached hydrogens (tertiary/aromatic N) is 3. The molecule has 1 aromatic carbocycles. The van der Waals surface area contributed by atoms with E-state index in [1.807, 2.05) is 4.90 Å². The Morgan fingerprint density at radius 3 is 2.64 bits per heavy atom. The summed E-state index contributed by atoms with van der Waals surface area (Å²) in [7, 11) is 0. The van der Waals surface area contributed by atoms with E-state index < -0.39 is 6.10 Å². The van der Waals surface area contributed by atoms with Gasteiger partial charge in [0.25, 0.3) is 5.91 Å². The van der Waals surface area contributed by atoms with Crippen LogP contribution in [0.1, 0.15) is 31.7 Å². The molecule has 1 aliphatic carbocycles. The fourth-order valence-electron chi connectivity index (χ4n) is 3.78. The van der Waals surface area contributed by atoms with Crippen molar-refractivity contribution in [2.75, 3.05) is 26.2 Å². The molecular weight excluding hydrogens is 318 g/mol. The normalized spacial score (nSPS) is 25.4. The van der Waals surface area contributed by atoms with Crippen LogP contribution in [-0.2, 0) is 4.79 Å².